The first-order valence-electron chi connectivity index (χ1n) is 6.46. The van der Waals surface area contributed by atoms with Crippen molar-refractivity contribution in [3.63, 3.8) is 0 Å². The average Bonchev–Trinajstić information content (AvgIpc) is 2.46. The maximum Gasteiger partial charge on any atom is 0.138 e. The molecular formula is C17H14ClNO. The third kappa shape index (κ3) is 2.61. The Kier molecular flexibility index (Phi) is 3.57. The van der Waals surface area contributed by atoms with Gasteiger partial charge < -0.3 is 4.74 Å². The molecule has 0 fully saturated rings. The minimum absolute atomic E-state index is 0.480. The van der Waals surface area contributed by atoms with Crippen LogP contribution >= 0.6 is 11.6 Å². The Bertz CT molecular complexity index is 755. The number of nitrogens with zero attached hydrogens (tertiary/aromatic N) is 1. The molecule has 0 unspecified atom stereocenters. The number of hydrogen-bond acceptors (Lipinski definition) is 2. The van der Waals surface area contributed by atoms with E-state index in [9.17, 15) is 0 Å². The molecule has 0 saturated heterocycles. The Labute approximate surface area is 123 Å². The molecule has 1 aromatic heterocycles. The fourth-order valence-electron chi connectivity index (χ4n) is 2.23. The summed E-state index contributed by atoms with van der Waals surface area (Å²) in [4.78, 5) is 4.53. The third-order valence-electron chi connectivity index (χ3n) is 3.15. The molecule has 1 heterocycles. The highest BCUT2D eigenvalue weighted by Gasteiger charge is 2.06. The summed E-state index contributed by atoms with van der Waals surface area (Å²) in [6.07, 6.45) is 0. The number of pyridine rings is 1. The molecule has 0 aliphatic carbocycles. The van der Waals surface area contributed by atoms with Gasteiger partial charge in [0.25, 0.3) is 0 Å². The standard InChI is InChI=1S/C17H14ClNO/c1-12-10-13(14-6-2-4-8-16(14)19-12)11-20-17-9-5-3-7-15(17)18/h2-10H,11H2,1H3. The molecule has 20 heavy (non-hydrogen) atoms. The molecule has 0 spiro atoms. The SMILES string of the molecule is Cc1cc(COc2ccccc2Cl)c2ccccc2n1. The molecule has 3 aromatic rings. The van der Waals surface area contributed by atoms with Gasteiger partial charge in [-0.05, 0) is 31.2 Å². The van der Waals surface area contributed by atoms with E-state index in [4.69, 9.17) is 16.3 Å². The van der Waals surface area contributed by atoms with Crippen molar-refractivity contribution < 1.29 is 4.74 Å². The molecule has 0 bridgehead atoms. The van der Waals surface area contributed by atoms with Gasteiger partial charge in [0.15, 0.2) is 0 Å². The van der Waals surface area contributed by atoms with Crippen LogP contribution in [-0.2, 0) is 6.61 Å². The van der Waals surface area contributed by atoms with Gasteiger partial charge in [-0.3, -0.25) is 4.98 Å². The van der Waals surface area contributed by atoms with Crippen molar-refractivity contribution >= 4 is 22.5 Å². The molecule has 0 aliphatic rings. The smallest absolute Gasteiger partial charge is 0.138 e. The third-order valence-corrected chi connectivity index (χ3v) is 3.46. The zero-order chi connectivity index (χ0) is 13.9. The molecule has 0 N–H and O–H groups in total. The van der Waals surface area contributed by atoms with Crippen molar-refractivity contribution in [1.82, 2.24) is 4.98 Å². The van der Waals surface area contributed by atoms with Gasteiger partial charge in [0.1, 0.15) is 12.4 Å². The maximum absolute atomic E-state index is 6.10. The fourth-order valence-corrected chi connectivity index (χ4v) is 2.42. The lowest BCUT2D eigenvalue weighted by molar-refractivity contribution is 0.307. The normalized spacial score (nSPS) is 10.7. The van der Waals surface area contributed by atoms with Crippen LogP contribution in [0.5, 0.6) is 5.75 Å². The van der Waals surface area contributed by atoms with Crippen LogP contribution < -0.4 is 4.74 Å². The number of aryl methyl sites for hydroxylation is 1. The highest BCUT2D eigenvalue weighted by molar-refractivity contribution is 6.32. The van der Waals surface area contributed by atoms with E-state index in [0.717, 1.165) is 22.2 Å². The molecule has 0 saturated carbocycles. The van der Waals surface area contributed by atoms with E-state index >= 15 is 0 Å². The van der Waals surface area contributed by atoms with Gasteiger partial charge >= 0.3 is 0 Å². The number of hydrogen-bond donors (Lipinski definition) is 0. The number of para-hydroxylation sites is 2. The van der Waals surface area contributed by atoms with Gasteiger partial charge in [-0.15, -0.1) is 0 Å². The van der Waals surface area contributed by atoms with Crippen LogP contribution in [0.3, 0.4) is 0 Å². The summed E-state index contributed by atoms with van der Waals surface area (Å²) < 4.78 is 5.83. The summed E-state index contributed by atoms with van der Waals surface area (Å²) in [6, 6.07) is 17.6. The van der Waals surface area contributed by atoms with Crippen LogP contribution in [0, 0.1) is 6.92 Å². The molecule has 3 rings (SSSR count). The second kappa shape index (κ2) is 5.51. The summed E-state index contributed by atoms with van der Waals surface area (Å²) in [5.41, 5.74) is 3.10. The van der Waals surface area contributed by atoms with Gasteiger partial charge in [-0.2, -0.15) is 0 Å². The molecule has 0 radical (unpaired) electrons. The lowest BCUT2D eigenvalue weighted by Gasteiger charge is -2.10. The van der Waals surface area contributed by atoms with Crippen LogP contribution in [0.25, 0.3) is 10.9 Å². The second-order valence-corrected chi connectivity index (χ2v) is 5.07. The van der Waals surface area contributed by atoms with E-state index in [2.05, 4.69) is 17.1 Å². The Morgan fingerprint density at radius 3 is 2.65 bits per heavy atom. The molecule has 100 valence electrons. The second-order valence-electron chi connectivity index (χ2n) is 4.66. The molecule has 0 aliphatic heterocycles. The molecular weight excluding hydrogens is 270 g/mol. The monoisotopic (exact) mass is 283 g/mol. The van der Waals surface area contributed by atoms with Gasteiger partial charge in [0, 0.05) is 16.6 Å². The van der Waals surface area contributed by atoms with Crippen molar-refractivity contribution in [1.29, 1.82) is 0 Å². The lowest BCUT2D eigenvalue weighted by atomic mass is 10.1. The van der Waals surface area contributed by atoms with Crippen LogP contribution in [0.4, 0.5) is 0 Å². The summed E-state index contributed by atoms with van der Waals surface area (Å²) in [5, 5.41) is 1.74. The zero-order valence-corrected chi connectivity index (χ0v) is 11.9. The van der Waals surface area contributed by atoms with E-state index in [1.54, 1.807) is 0 Å². The number of benzene rings is 2. The van der Waals surface area contributed by atoms with Crippen molar-refractivity contribution in [2.45, 2.75) is 13.5 Å². The molecule has 3 heteroatoms. The van der Waals surface area contributed by atoms with Gasteiger partial charge in [0.05, 0.1) is 10.5 Å². The van der Waals surface area contributed by atoms with E-state index in [-0.39, 0.29) is 0 Å². The van der Waals surface area contributed by atoms with E-state index in [1.165, 1.54) is 0 Å². The zero-order valence-electron chi connectivity index (χ0n) is 11.1. The number of fused-ring (bicyclic) bond motifs is 1. The number of rotatable bonds is 3. The topological polar surface area (TPSA) is 22.1 Å². The minimum atomic E-state index is 0.480. The van der Waals surface area contributed by atoms with Crippen LogP contribution in [0.2, 0.25) is 5.02 Å². The van der Waals surface area contributed by atoms with Crippen LogP contribution in [0.1, 0.15) is 11.3 Å². The van der Waals surface area contributed by atoms with E-state index in [0.29, 0.717) is 17.4 Å². The highest BCUT2D eigenvalue weighted by Crippen LogP contribution is 2.25. The number of aromatic nitrogens is 1. The first kappa shape index (κ1) is 12.9. The molecule has 0 atom stereocenters. The lowest BCUT2D eigenvalue weighted by Crippen LogP contribution is -1.99. The van der Waals surface area contributed by atoms with E-state index < -0.39 is 0 Å². The first-order valence-corrected chi connectivity index (χ1v) is 6.84. The van der Waals surface area contributed by atoms with Crippen molar-refractivity contribution in [3.05, 3.63) is 70.9 Å². The fraction of sp³-hybridized carbons (Fsp3) is 0.118. The van der Waals surface area contributed by atoms with E-state index in [1.807, 2.05) is 49.4 Å². The highest BCUT2D eigenvalue weighted by atomic mass is 35.5. The Hall–Kier alpha value is -2.06. The summed E-state index contributed by atoms with van der Waals surface area (Å²) in [7, 11) is 0. The van der Waals surface area contributed by atoms with Crippen molar-refractivity contribution in [2.24, 2.45) is 0 Å². The Morgan fingerprint density at radius 1 is 1.05 bits per heavy atom. The largest absolute Gasteiger partial charge is 0.487 e. The maximum atomic E-state index is 6.10. The quantitative estimate of drug-likeness (QED) is 0.690. The van der Waals surface area contributed by atoms with Gasteiger partial charge in [-0.1, -0.05) is 41.9 Å². The van der Waals surface area contributed by atoms with Crippen LogP contribution in [0.15, 0.2) is 54.6 Å². The van der Waals surface area contributed by atoms with Crippen molar-refractivity contribution in [3.8, 4) is 5.75 Å². The predicted molar refractivity (Wildman–Crippen MR) is 82.3 cm³/mol. The first-order chi connectivity index (χ1) is 9.74. The van der Waals surface area contributed by atoms with Gasteiger partial charge in [-0.25, -0.2) is 0 Å². The minimum Gasteiger partial charge on any atom is -0.487 e. The van der Waals surface area contributed by atoms with Gasteiger partial charge in [0.2, 0.25) is 0 Å². The summed E-state index contributed by atoms with van der Waals surface area (Å²) >= 11 is 6.10. The Balaban J connectivity index is 1.93. The predicted octanol–water partition coefficient (Wildman–Crippen LogP) is 4.78. The number of ether oxygens (including phenoxy) is 1. The average molecular weight is 284 g/mol. The number of halogens is 1. The Morgan fingerprint density at radius 2 is 1.80 bits per heavy atom. The molecule has 0 amide bonds. The molecule has 2 aromatic carbocycles. The molecule has 2 nitrogen and oxygen atoms in total. The summed E-state index contributed by atoms with van der Waals surface area (Å²) in [6.45, 7) is 2.47. The summed E-state index contributed by atoms with van der Waals surface area (Å²) in [5.74, 6) is 0.702. The van der Waals surface area contributed by atoms with Crippen LogP contribution in [-0.4, -0.2) is 4.98 Å². The van der Waals surface area contributed by atoms with Crippen molar-refractivity contribution in [2.75, 3.05) is 0 Å².